The van der Waals surface area contributed by atoms with Crippen LogP contribution in [0.3, 0.4) is 0 Å². The van der Waals surface area contributed by atoms with Crippen molar-refractivity contribution in [2.75, 3.05) is 7.11 Å². The zero-order valence-electron chi connectivity index (χ0n) is 14.3. The summed E-state index contributed by atoms with van der Waals surface area (Å²) in [5, 5.41) is 5.12. The number of nitrogens with zero attached hydrogens (tertiary/aromatic N) is 3. The molecule has 1 N–H and O–H groups in total. The summed E-state index contributed by atoms with van der Waals surface area (Å²) in [5.74, 6) is 0.640. The summed E-state index contributed by atoms with van der Waals surface area (Å²) in [6, 6.07) is 13.8. The standard InChI is InChI=1S/C19H15FN4O2S/c1-26-16-8-7-13(20)9-12(16)11-27-19-22-17-15(18(25)23-19)10-21-24(17)14-5-3-2-4-6-14/h2-10H,11H2,1H3,(H,22,23,25). The highest BCUT2D eigenvalue weighted by molar-refractivity contribution is 7.98. The normalized spacial score (nSPS) is 11.0. The SMILES string of the molecule is COc1ccc(F)cc1CSc1nc2c(cnn2-c2ccccc2)c(=O)[nH]1. The molecule has 0 aliphatic rings. The largest absolute Gasteiger partial charge is 0.496 e. The molecule has 0 bridgehead atoms. The first-order valence-electron chi connectivity index (χ1n) is 8.14. The van der Waals surface area contributed by atoms with E-state index in [2.05, 4.69) is 15.1 Å². The van der Waals surface area contributed by atoms with Crippen LogP contribution >= 0.6 is 11.8 Å². The summed E-state index contributed by atoms with van der Waals surface area (Å²) in [6.45, 7) is 0. The molecule has 2 aromatic heterocycles. The van der Waals surface area contributed by atoms with E-state index in [0.29, 0.717) is 33.3 Å². The third kappa shape index (κ3) is 3.43. The van der Waals surface area contributed by atoms with Gasteiger partial charge in [-0.2, -0.15) is 5.10 Å². The molecule has 0 unspecified atom stereocenters. The molecule has 4 rings (SSSR count). The third-order valence-electron chi connectivity index (χ3n) is 4.02. The van der Waals surface area contributed by atoms with Crippen molar-refractivity contribution in [3.05, 3.63) is 76.5 Å². The van der Waals surface area contributed by atoms with Crippen LogP contribution < -0.4 is 10.3 Å². The van der Waals surface area contributed by atoms with Crippen molar-refractivity contribution in [1.82, 2.24) is 19.7 Å². The summed E-state index contributed by atoms with van der Waals surface area (Å²) < 4.78 is 20.4. The first kappa shape index (κ1) is 17.3. The number of H-pyrrole nitrogens is 1. The van der Waals surface area contributed by atoms with Crippen LogP contribution in [0.4, 0.5) is 4.39 Å². The summed E-state index contributed by atoms with van der Waals surface area (Å²) in [6.07, 6.45) is 1.50. The van der Waals surface area contributed by atoms with Gasteiger partial charge in [0.1, 0.15) is 17.0 Å². The molecule has 0 amide bonds. The minimum absolute atomic E-state index is 0.268. The Balaban J connectivity index is 1.69. The second-order valence-electron chi connectivity index (χ2n) is 5.75. The number of aromatic nitrogens is 4. The molecule has 27 heavy (non-hydrogen) atoms. The van der Waals surface area contributed by atoms with E-state index >= 15 is 0 Å². The van der Waals surface area contributed by atoms with E-state index in [1.807, 2.05) is 30.3 Å². The molecular weight excluding hydrogens is 367 g/mol. The number of methoxy groups -OCH3 is 1. The van der Waals surface area contributed by atoms with Crippen LogP contribution in [0.25, 0.3) is 16.7 Å². The van der Waals surface area contributed by atoms with Gasteiger partial charge in [0.05, 0.1) is 19.0 Å². The smallest absolute Gasteiger partial charge is 0.262 e. The second-order valence-corrected chi connectivity index (χ2v) is 6.71. The molecule has 0 spiro atoms. The Morgan fingerprint density at radius 3 is 2.81 bits per heavy atom. The number of rotatable bonds is 5. The molecule has 8 heteroatoms. The maximum absolute atomic E-state index is 13.5. The highest BCUT2D eigenvalue weighted by Crippen LogP contribution is 2.27. The lowest BCUT2D eigenvalue weighted by Crippen LogP contribution is -2.09. The van der Waals surface area contributed by atoms with Gasteiger partial charge in [-0.15, -0.1) is 0 Å². The Hall–Kier alpha value is -3.13. The van der Waals surface area contributed by atoms with Gasteiger partial charge in [0.15, 0.2) is 10.8 Å². The number of halogens is 1. The van der Waals surface area contributed by atoms with E-state index in [1.54, 1.807) is 10.7 Å². The molecule has 0 saturated heterocycles. The van der Waals surface area contributed by atoms with Crippen LogP contribution in [0.2, 0.25) is 0 Å². The minimum atomic E-state index is -0.342. The van der Waals surface area contributed by atoms with Gasteiger partial charge in [-0.3, -0.25) is 4.79 Å². The average molecular weight is 382 g/mol. The third-order valence-corrected chi connectivity index (χ3v) is 4.95. The molecule has 2 heterocycles. The van der Waals surface area contributed by atoms with E-state index in [1.165, 1.54) is 37.2 Å². The maximum atomic E-state index is 13.5. The minimum Gasteiger partial charge on any atom is -0.496 e. The predicted octanol–water partition coefficient (Wildman–Crippen LogP) is 3.55. The van der Waals surface area contributed by atoms with E-state index in [-0.39, 0.29) is 11.4 Å². The first-order valence-corrected chi connectivity index (χ1v) is 9.13. The summed E-state index contributed by atoms with van der Waals surface area (Å²) >= 11 is 1.29. The Labute approximate surface area is 158 Å². The molecule has 0 radical (unpaired) electrons. The number of fused-ring (bicyclic) bond motifs is 1. The molecule has 0 saturated carbocycles. The number of thioether (sulfide) groups is 1. The molecule has 0 aliphatic heterocycles. The highest BCUT2D eigenvalue weighted by atomic mass is 32.2. The Kier molecular flexibility index (Phi) is 4.64. The predicted molar refractivity (Wildman–Crippen MR) is 102 cm³/mol. The molecule has 136 valence electrons. The van der Waals surface area contributed by atoms with E-state index in [0.717, 1.165) is 5.69 Å². The lowest BCUT2D eigenvalue weighted by Gasteiger charge is -2.08. The topological polar surface area (TPSA) is 72.8 Å². The number of aromatic amines is 1. The number of hydrogen-bond donors (Lipinski definition) is 1. The highest BCUT2D eigenvalue weighted by Gasteiger charge is 2.13. The summed E-state index contributed by atoms with van der Waals surface area (Å²) in [5.41, 5.74) is 1.70. The number of benzene rings is 2. The maximum Gasteiger partial charge on any atom is 0.262 e. The zero-order valence-corrected chi connectivity index (χ0v) is 15.2. The monoisotopic (exact) mass is 382 g/mol. The van der Waals surface area contributed by atoms with Gasteiger partial charge in [-0.25, -0.2) is 14.1 Å². The molecule has 2 aromatic carbocycles. The van der Waals surface area contributed by atoms with Gasteiger partial charge < -0.3 is 9.72 Å². The Morgan fingerprint density at radius 1 is 1.22 bits per heavy atom. The Morgan fingerprint density at radius 2 is 2.04 bits per heavy atom. The summed E-state index contributed by atoms with van der Waals surface area (Å²) in [7, 11) is 1.53. The molecule has 4 aromatic rings. The van der Waals surface area contributed by atoms with Gasteiger partial charge >= 0.3 is 0 Å². The number of nitrogens with one attached hydrogen (secondary N) is 1. The quantitative estimate of drug-likeness (QED) is 0.422. The van der Waals surface area contributed by atoms with Crippen molar-refractivity contribution in [3.63, 3.8) is 0 Å². The zero-order chi connectivity index (χ0) is 18.8. The first-order chi connectivity index (χ1) is 13.2. The van der Waals surface area contributed by atoms with Gasteiger partial charge in [-0.1, -0.05) is 30.0 Å². The fourth-order valence-corrected chi connectivity index (χ4v) is 3.56. The van der Waals surface area contributed by atoms with Crippen molar-refractivity contribution in [1.29, 1.82) is 0 Å². The van der Waals surface area contributed by atoms with Gasteiger partial charge in [0.25, 0.3) is 5.56 Å². The molecule has 6 nitrogen and oxygen atoms in total. The van der Waals surface area contributed by atoms with Crippen LogP contribution in [0.5, 0.6) is 5.75 Å². The molecule has 0 aliphatic carbocycles. The van der Waals surface area contributed by atoms with Crippen molar-refractivity contribution in [2.45, 2.75) is 10.9 Å². The van der Waals surface area contributed by atoms with Crippen molar-refractivity contribution in [3.8, 4) is 11.4 Å². The molecule has 0 atom stereocenters. The fraction of sp³-hybridized carbons (Fsp3) is 0.105. The second kappa shape index (κ2) is 7.24. The average Bonchev–Trinajstić information content (AvgIpc) is 3.12. The van der Waals surface area contributed by atoms with Crippen molar-refractivity contribution < 1.29 is 9.13 Å². The molecule has 0 fully saturated rings. The van der Waals surface area contributed by atoms with Crippen molar-refractivity contribution in [2.24, 2.45) is 0 Å². The fourth-order valence-electron chi connectivity index (χ4n) is 2.73. The van der Waals surface area contributed by atoms with Gasteiger partial charge in [0, 0.05) is 11.3 Å². The number of ether oxygens (including phenoxy) is 1. The van der Waals surface area contributed by atoms with Crippen LogP contribution in [-0.4, -0.2) is 26.9 Å². The van der Waals surface area contributed by atoms with Crippen LogP contribution in [0.15, 0.2) is 64.7 Å². The van der Waals surface area contributed by atoms with E-state index < -0.39 is 0 Å². The van der Waals surface area contributed by atoms with Gasteiger partial charge in [0.2, 0.25) is 0 Å². The van der Waals surface area contributed by atoms with Crippen LogP contribution in [-0.2, 0) is 5.75 Å². The number of hydrogen-bond acceptors (Lipinski definition) is 5. The van der Waals surface area contributed by atoms with E-state index in [9.17, 15) is 9.18 Å². The molecular formula is C19H15FN4O2S. The van der Waals surface area contributed by atoms with E-state index in [4.69, 9.17) is 4.74 Å². The lowest BCUT2D eigenvalue weighted by molar-refractivity contribution is 0.410. The summed E-state index contributed by atoms with van der Waals surface area (Å²) in [4.78, 5) is 19.7. The van der Waals surface area contributed by atoms with Crippen molar-refractivity contribution >= 4 is 22.8 Å². The van der Waals surface area contributed by atoms with Crippen LogP contribution in [0, 0.1) is 5.82 Å². The van der Waals surface area contributed by atoms with Gasteiger partial charge in [-0.05, 0) is 30.3 Å². The number of para-hydroxylation sites is 1. The van der Waals surface area contributed by atoms with Crippen LogP contribution in [0.1, 0.15) is 5.56 Å². The lowest BCUT2D eigenvalue weighted by atomic mass is 10.2. The Bertz CT molecular complexity index is 1160.